The first-order chi connectivity index (χ1) is 46.3. The van der Waals surface area contributed by atoms with Crippen LogP contribution < -0.4 is 5.32 Å². The minimum absolute atomic E-state index is 0.239. The highest BCUT2D eigenvalue weighted by Gasteiger charge is 2.53. The van der Waals surface area contributed by atoms with Crippen LogP contribution in [0.1, 0.15) is 309 Å². The molecule has 19 heteroatoms. The fourth-order valence-electron chi connectivity index (χ4n) is 13.2. The van der Waals surface area contributed by atoms with E-state index in [0.29, 0.717) is 6.42 Å². The van der Waals surface area contributed by atoms with Gasteiger partial charge < -0.3 is 89.9 Å². The monoisotopic (exact) mass is 1360 g/mol. The first-order valence-electron chi connectivity index (χ1n) is 38.7. The predicted octanol–water partition coefficient (Wildman–Crippen LogP) is 11.9. The molecule has 17 unspecified atom stereocenters. The zero-order valence-electron chi connectivity index (χ0n) is 59.4. The molecule has 0 aromatic carbocycles. The molecule has 1 amide bonds. The number of ether oxygens (including phenoxy) is 6. The number of amides is 1. The molecule has 12 N–H and O–H groups in total. The minimum atomic E-state index is -1.98. The van der Waals surface area contributed by atoms with Gasteiger partial charge in [-0.1, -0.05) is 288 Å². The molecule has 95 heavy (non-hydrogen) atoms. The summed E-state index contributed by atoms with van der Waals surface area (Å²) >= 11 is 0. The van der Waals surface area contributed by atoms with Gasteiger partial charge in [0.05, 0.1) is 38.6 Å². The zero-order valence-corrected chi connectivity index (χ0v) is 59.4. The van der Waals surface area contributed by atoms with Crippen molar-refractivity contribution in [3.63, 3.8) is 0 Å². The fourth-order valence-corrected chi connectivity index (χ4v) is 13.2. The molecule has 0 bridgehead atoms. The molecular weight excluding hydrogens is 1210 g/mol. The van der Waals surface area contributed by atoms with Crippen LogP contribution in [0.2, 0.25) is 0 Å². The molecule has 3 rings (SSSR count). The number of hydrogen-bond acceptors (Lipinski definition) is 18. The standard InChI is InChI=1S/C76H141NO18/c1-3-5-7-9-11-13-15-17-19-21-23-24-25-26-27-28-29-30-31-32-33-34-36-37-39-41-43-45-47-49-51-53-60(81)59(77-64(82)54-52-50-48-46-44-42-40-38-35-22-20-18-16-14-12-10-8-6-4-2)58-90-74-70(88)67(85)72(62(56-79)92-74)95-76-71(89)68(86)73(63(57-80)93-76)94-75-69(87)66(84)65(83)61(55-78)91-75/h12,14,18,20,51,53,59-63,65-76,78-81,83-89H,3-11,13,15-17,19,21-50,52,54-58H2,1-2H3,(H,77,82)/b14-12-,20-18-,53-51+. The third-order valence-corrected chi connectivity index (χ3v) is 19.4. The number of carbonyl (C=O) groups is 1. The maximum absolute atomic E-state index is 13.4. The Labute approximate surface area is 574 Å². The number of nitrogens with one attached hydrogen (secondary N) is 1. The van der Waals surface area contributed by atoms with Gasteiger partial charge in [0.25, 0.3) is 0 Å². The molecule has 3 aliphatic heterocycles. The molecule has 0 aromatic rings. The summed E-state index contributed by atoms with van der Waals surface area (Å²) in [5.41, 5.74) is 0. The second-order valence-electron chi connectivity index (χ2n) is 27.8. The van der Waals surface area contributed by atoms with Crippen LogP contribution in [-0.2, 0) is 33.2 Å². The van der Waals surface area contributed by atoms with Gasteiger partial charge in [-0.05, 0) is 51.4 Å². The molecule has 0 saturated carbocycles. The van der Waals surface area contributed by atoms with Crippen LogP contribution in [0.25, 0.3) is 0 Å². The summed E-state index contributed by atoms with van der Waals surface area (Å²) in [5, 5.41) is 121. The first-order valence-corrected chi connectivity index (χ1v) is 38.7. The van der Waals surface area contributed by atoms with E-state index in [9.17, 15) is 61.0 Å². The van der Waals surface area contributed by atoms with E-state index in [0.717, 1.165) is 64.2 Å². The molecule has 0 aromatic heterocycles. The number of unbranched alkanes of at least 4 members (excludes halogenated alkanes) is 41. The fraction of sp³-hybridized carbons (Fsp3) is 0.908. The van der Waals surface area contributed by atoms with Crippen LogP contribution in [0.5, 0.6) is 0 Å². The molecule has 3 aliphatic rings. The van der Waals surface area contributed by atoms with Crippen molar-refractivity contribution in [1.29, 1.82) is 0 Å². The lowest BCUT2D eigenvalue weighted by molar-refractivity contribution is -0.379. The van der Waals surface area contributed by atoms with E-state index in [1.54, 1.807) is 6.08 Å². The minimum Gasteiger partial charge on any atom is -0.394 e. The van der Waals surface area contributed by atoms with E-state index in [4.69, 9.17) is 28.4 Å². The smallest absolute Gasteiger partial charge is 0.220 e. The lowest BCUT2D eigenvalue weighted by atomic mass is 9.96. The Morgan fingerprint density at radius 3 is 1.09 bits per heavy atom. The lowest BCUT2D eigenvalue weighted by Gasteiger charge is -2.48. The molecule has 0 spiro atoms. The highest BCUT2D eigenvalue weighted by atomic mass is 16.8. The van der Waals surface area contributed by atoms with Crippen molar-refractivity contribution < 1.29 is 89.4 Å². The number of carbonyl (C=O) groups excluding carboxylic acids is 1. The normalized spacial score (nSPS) is 27.4. The topological polar surface area (TPSA) is 307 Å². The summed E-state index contributed by atoms with van der Waals surface area (Å²) in [6.07, 6.45) is 42.7. The van der Waals surface area contributed by atoms with Crippen molar-refractivity contribution in [2.24, 2.45) is 0 Å². The number of hydrogen-bond donors (Lipinski definition) is 12. The largest absolute Gasteiger partial charge is 0.394 e. The number of allylic oxidation sites excluding steroid dienone is 5. The zero-order chi connectivity index (χ0) is 68.9. The van der Waals surface area contributed by atoms with Crippen LogP contribution >= 0.6 is 0 Å². The molecule has 17 atom stereocenters. The van der Waals surface area contributed by atoms with Crippen molar-refractivity contribution in [3.05, 3.63) is 36.5 Å². The van der Waals surface area contributed by atoms with Crippen LogP contribution in [-0.4, -0.2) is 193 Å². The van der Waals surface area contributed by atoms with Crippen molar-refractivity contribution in [2.75, 3.05) is 26.4 Å². The van der Waals surface area contributed by atoms with Crippen LogP contribution in [0.3, 0.4) is 0 Å². The summed E-state index contributed by atoms with van der Waals surface area (Å²) in [5.74, 6) is -0.277. The molecule has 558 valence electrons. The van der Waals surface area contributed by atoms with Gasteiger partial charge in [0.1, 0.15) is 73.2 Å². The van der Waals surface area contributed by atoms with Gasteiger partial charge in [-0.15, -0.1) is 0 Å². The number of rotatable bonds is 61. The average molecular weight is 1360 g/mol. The van der Waals surface area contributed by atoms with E-state index in [1.165, 1.54) is 218 Å². The molecule has 3 heterocycles. The van der Waals surface area contributed by atoms with E-state index < -0.39 is 124 Å². The predicted molar refractivity (Wildman–Crippen MR) is 374 cm³/mol. The van der Waals surface area contributed by atoms with Crippen molar-refractivity contribution in [2.45, 2.75) is 413 Å². The molecule has 0 radical (unpaired) electrons. The third kappa shape index (κ3) is 38.6. The van der Waals surface area contributed by atoms with Gasteiger partial charge in [0.15, 0.2) is 18.9 Å². The Bertz CT molecular complexity index is 1860. The van der Waals surface area contributed by atoms with Gasteiger partial charge >= 0.3 is 0 Å². The Morgan fingerprint density at radius 2 is 0.695 bits per heavy atom. The summed E-state index contributed by atoms with van der Waals surface area (Å²) in [6.45, 7) is 1.74. The van der Waals surface area contributed by atoms with E-state index >= 15 is 0 Å². The Balaban J connectivity index is 1.38. The van der Waals surface area contributed by atoms with Gasteiger partial charge in [-0.25, -0.2) is 0 Å². The Kier molecular flexibility index (Phi) is 52.9. The van der Waals surface area contributed by atoms with E-state index in [1.807, 2.05) is 6.08 Å². The summed E-state index contributed by atoms with van der Waals surface area (Å²) in [6, 6.07) is -0.977. The maximum Gasteiger partial charge on any atom is 0.220 e. The first kappa shape index (κ1) is 87.2. The lowest BCUT2D eigenvalue weighted by Crippen LogP contribution is -2.66. The third-order valence-electron chi connectivity index (χ3n) is 19.4. The van der Waals surface area contributed by atoms with Gasteiger partial charge in [0.2, 0.25) is 5.91 Å². The SMILES string of the molecule is CCCCC/C=C\C/C=C\CCCCCCCCCCCC(=O)NC(COC1OC(CO)C(OC2OC(CO)C(OC3OC(CO)C(O)C(O)C3O)C(O)C2O)C(O)C1O)C(O)/C=C/CCCCCCCCCCCCCCCCCCCCCCCCCCCCCCC. The van der Waals surface area contributed by atoms with Gasteiger partial charge in [0, 0.05) is 6.42 Å². The van der Waals surface area contributed by atoms with Gasteiger partial charge in [-0.2, -0.15) is 0 Å². The van der Waals surface area contributed by atoms with E-state index in [2.05, 4.69) is 43.5 Å². The van der Waals surface area contributed by atoms with Crippen LogP contribution in [0.4, 0.5) is 0 Å². The molecular formula is C76H141NO18. The van der Waals surface area contributed by atoms with Crippen LogP contribution in [0.15, 0.2) is 36.5 Å². The quantitative estimate of drug-likeness (QED) is 0.0199. The molecule has 0 aliphatic carbocycles. The maximum atomic E-state index is 13.4. The number of aliphatic hydroxyl groups excluding tert-OH is 11. The average Bonchev–Trinajstić information content (AvgIpc) is 0.787. The van der Waals surface area contributed by atoms with Crippen molar-refractivity contribution >= 4 is 5.91 Å². The van der Waals surface area contributed by atoms with Crippen molar-refractivity contribution in [1.82, 2.24) is 5.32 Å². The second-order valence-corrected chi connectivity index (χ2v) is 27.8. The van der Waals surface area contributed by atoms with E-state index in [-0.39, 0.29) is 18.9 Å². The Morgan fingerprint density at radius 1 is 0.379 bits per heavy atom. The molecule has 19 nitrogen and oxygen atoms in total. The van der Waals surface area contributed by atoms with Gasteiger partial charge in [-0.3, -0.25) is 4.79 Å². The summed E-state index contributed by atoms with van der Waals surface area (Å²) in [4.78, 5) is 13.4. The van der Waals surface area contributed by atoms with Crippen molar-refractivity contribution in [3.8, 4) is 0 Å². The number of aliphatic hydroxyl groups is 11. The molecule has 3 fully saturated rings. The summed E-state index contributed by atoms with van der Waals surface area (Å²) in [7, 11) is 0. The second kappa shape index (κ2) is 57.6. The highest BCUT2D eigenvalue weighted by molar-refractivity contribution is 5.76. The summed E-state index contributed by atoms with van der Waals surface area (Å²) < 4.78 is 34.4. The Hall–Kier alpha value is -1.99. The van der Waals surface area contributed by atoms with Crippen LogP contribution in [0, 0.1) is 0 Å². The molecule has 3 saturated heterocycles. The highest BCUT2D eigenvalue weighted by Crippen LogP contribution is 2.33.